The maximum atomic E-state index is 9.07. The number of anilines is 1. The van der Waals surface area contributed by atoms with Gasteiger partial charge in [-0.05, 0) is 6.42 Å². The quantitative estimate of drug-likeness (QED) is 0.770. The maximum Gasteiger partial charge on any atom is 0.163 e. The second-order valence-corrected chi connectivity index (χ2v) is 4.96. The third-order valence-corrected chi connectivity index (χ3v) is 3.12. The zero-order valence-electron chi connectivity index (χ0n) is 11.8. The van der Waals surface area contributed by atoms with E-state index in [1.54, 1.807) is 13.2 Å². The molecule has 0 aliphatic rings. The number of hydrogen-bond acceptors (Lipinski definition) is 5. The fraction of sp³-hybridized carbons (Fsp3) is 0.333. The van der Waals surface area contributed by atoms with Gasteiger partial charge in [-0.3, -0.25) is 0 Å². The summed E-state index contributed by atoms with van der Waals surface area (Å²) in [5, 5.41) is 12.7. The Balaban J connectivity index is 2.22. The monoisotopic (exact) mass is 307 g/mol. The van der Waals surface area contributed by atoms with Crippen molar-refractivity contribution in [3.05, 3.63) is 41.6 Å². The van der Waals surface area contributed by atoms with E-state index >= 15 is 0 Å². The van der Waals surface area contributed by atoms with Crippen molar-refractivity contribution in [3.63, 3.8) is 0 Å². The highest BCUT2D eigenvalue weighted by molar-refractivity contribution is 6.29. The van der Waals surface area contributed by atoms with Crippen LogP contribution in [-0.2, 0) is 4.74 Å². The summed E-state index contributed by atoms with van der Waals surface area (Å²) in [5.41, 5.74) is 0.897. The van der Waals surface area contributed by atoms with Crippen molar-refractivity contribution in [1.82, 2.24) is 9.97 Å². The first-order valence-corrected chi connectivity index (χ1v) is 7.07. The van der Waals surface area contributed by atoms with Crippen LogP contribution in [0, 0.1) is 0 Å². The molecule has 2 N–H and O–H groups in total. The van der Waals surface area contributed by atoms with Crippen molar-refractivity contribution < 1.29 is 9.84 Å². The Labute approximate surface area is 129 Å². The van der Waals surface area contributed by atoms with E-state index in [4.69, 9.17) is 21.4 Å². The predicted molar refractivity (Wildman–Crippen MR) is 83.5 cm³/mol. The van der Waals surface area contributed by atoms with Crippen LogP contribution in [0.25, 0.3) is 11.4 Å². The van der Waals surface area contributed by atoms with E-state index in [0.717, 1.165) is 5.56 Å². The largest absolute Gasteiger partial charge is 0.396 e. The summed E-state index contributed by atoms with van der Waals surface area (Å²) in [4.78, 5) is 8.70. The third-order valence-electron chi connectivity index (χ3n) is 2.92. The molecule has 0 aliphatic carbocycles. The van der Waals surface area contributed by atoms with Crippen molar-refractivity contribution >= 4 is 17.4 Å². The van der Waals surface area contributed by atoms with Gasteiger partial charge in [0, 0.05) is 25.3 Å². The first-order valence-electron chi connectivity index (χ1n) is 6.69. The second-order valence-electron chi connectivity index (χ2n) is 4.57. The molecule has 1 aromatic carbocycles. The molecule has 0 saturated heterocycles. The summed E-state index contributed by atoms with van der Waals surface area (Å²) in [5.74, 6) is 1.18. The molecule has 2 rings (SSSR count). The molecule has 0 radical (unpaired) electrons. The lowest BCUT2D eigenvalue weighted by atomic mass is 10.2. The van der Waals surface area contributed by atoms with Gasteiger partial charge in [0.2, 0.25) is 0 Å². The predicted octanol–water partition coefficient (Wildman–Crippen LogP) is 2.61. The first-order chi connectivity index (χ1) is 10.2. The van der Waals surface area contributed by atoms with Crippen LogP contribution in [0.4, 0.5) is 5.82 Å². The zero-order valence-corrected chi connectivity index (χ0v) is 12.5. The number of nitrogens with zero attached hydrogens (tertiary/aromatic N) is 2. The molecule has 0 fully saturated rings. The lowest BCUT2D eigenvalue weighted by Crippen LogP contribution is -2.26. The van der Waals surface area contributed by atoms with Crippen LogP contribution in [0.5, 0.6) is 0 Å². The number of rotatable bonds is 7. The summed E-state index contributed by atoms with van der Waals surface area (Å²) in [6, 6.07) is 11.3. The van der Waals surface area contributed by atoms with Gasteiger partial charge in [-0.1, -0.05) is 41.9 Å². The molecule has 112 valence electrons. The molecule has 1 heterocycles. The van der Waals surface area contributed by atoms with E-state index in [0.29, 0.717) is 29.8 Å². The molecule has 21 heavy (non-hydrogen) atoms. The number of aromatic nitrogens is 2. The average Bonchev–Trinajstić information content (AvgIpc) is 2.48. The molecule has 0 amide bonds. The van der Waals surface area contributed by atoms with Gasteiger partial charge >= 0.3 is 0 Å². The van der Waals surface area contributed by atoms with E-state index < -0.39 is 0 Å². The smallest absolute Gasteiger partial charge is 0.163 e. The van der Waals surface area contributed by atoms with Gasteiger partial charge < -0.3 is 15.2 Å². The summed E-state index contributed by atoms with van der Waals surface area (Å²) in [7, 11) is 1.62. The molecular weight excluding hydrogens is 290 g/mol. The molecule has 5 nitrogen and oxygen atoms in total. The van der Waals surface area contributed by atoms with Crippen molar-refractivity contribution in [1.29, 1.82) is 0 Å². The van der Waals surface area contributed by atoms with Crippen molar-refractivity contribution in [2.45, 2.75) is 12.5 Å². The van der Waals surface area contributed by atoms with Gasteiger partial charge in [-0.2, -0.15) is 0 Å². The summed E-state index contributed by atoms with van der Waals surface area (Å²) < 4.78 is 5.12. The van der Waals surface area contributed by atoms with Crippen molar-refractivity contribution in [2.24, 2.45) is 0 Å². The highest BCUT2D eigenvalue weighted by Gasteiger charge is 2.11. The molecule has 2 aromatic rings. The number of aliphatic hydroxyl groups excluding tert-OH is 1. The minimum absolute atomic E-state index is 0.0328. The van der Waals surface area contributed by atoms with Crippen LogP contribution in [0.1, 0.15) is 6.42 Å². The molecule has 0 aliphatic heterocycles. The fourth-order valence-corrected chi connectivity index (χ4v) is 2.15. The van der Waals surface area contributed by atoms with E-state index in [9.17, 15) is 0 Å². The number of halogens is 1. The second kappa shape index (κ2) is 7.93. The Morgan fingerprint density at radius 3 is 2.71 bits per heavy atom. The molecular formula is C15H18ClN3O2. The van der Waals surface area contributed by atoms with Gasteiger partial charge in [0.25, 0.3) is 0 Å². The molecule has 1 unspecified atom stereocenters. The number of benzene rings is 1. The van der Waals surface area contributed by atoms with Crippen LogP contribution in [0.2, 0.25) is 5.15 Å². The van der Waals surface area contributed by atoms with E-state index in [-0.39, 0.29) is 12.6 Å². The standard InChI is InChI=1S/C15H18ClN3O2/c1-21-10-12(7-8-20)17-14-9-13(16)18-15(19-14)11-5-3-2-4-6-11/h2-6,9,12,20H,7-8,10H2,1H3,(H,17,18,19). The Hall–Kier alpha value is -1.69. The topological polar surface area (TPSA) is 67.3 Å². The van der Waals surface area contributed by atoms with Crippen molar-refractivity contribution in [2.75, 3.05) is 25.6 Å². The minimum Gasteiger partial charge on any atom is -0.396 e. The molecule has 0 spiro atoms. The molecule has 0 bridgehead atoms. The van der Waals surface area contributed by atoms with Crippen LogP contribution < -0.4 is 5.32 Å². The van der Waals surface area contributed by atoms with Crippen LogP contribution >= 0.6 is 11.6 Å². The number of aliphatic hydroxyl groups is 1. The van der Waals surface area contributed by atoms with E-state index in [2.05, 4.69) is 15.3 Å². The highest BCUT2D eigenvalue weighted by Crippen LogP contribution is 2.20. The van der Waals surface area contributed by atoms with Gasteiger partial charge in [-0.15, -0.1) is 0 Å². The maximum absolute atomic E-state index is 9.07. The fourth-order valence-electron chi connectivity index (χ4n) is 1.97. The first kappa shape index (κ1) is 15.7. The Morgan fingerprint density at radius 1 is 1.29 bits per heavy atom. The van der Waals surface area contributed by atoms with Gasteiger partial charge in [0.15, 0.2) is 5.82 Å². The molecule has 0 saturated carbocycles. The Kier molecular flexibility index (Phi) is 5.92. The van der Waals surface area contributed by atoms with E-state index in [1.807, 2.05) is 30.3 Å². The molecule has 1 aromatic heterocycles. The van der Waals surface area contributed by atoms with Gasteiger partial charge in [-0.25, -0.2) is 9.97 Å². The lowest BCUT2D eigenvalue weighted by Gasteiger charge is -2.17. The number of methoxy groups -OCH3 is 1. The normalized spacial score (nSPS) is 12.1. The van der Waals surface area contributed by atoms with E-state index in [1.165, 1.54) is 0 Å². The number of ether oxygens (including phenoxy) is 1. The SMILES string of the molecule is COCC(CCO)Nc1cc(Cl)nc(-c2ccccc2)n1. The average molecular weight is 308 g/mol. The third kappa shape index (κ3) is 4.67. The van der Waals surface area contributed by atoms with Crippen LogP contribution in [0.15, 0.2) is 36.4 Å². The molecule has 6 heteroatoms. The van der Waals surface area contributed by atoms with Gasteiger partial charge in [0.05, 0.1) is 12.6 Å². The molecule has 1 atom stereocenters. The van der Waals surface area contributed by atoms with Crippen LogP contribution in [0.3, 0.4) is 0 Å². The lowest BCUT2D eigenvalue weighted by molar-refractivity contribution is 0.170. The summed E-state index contributed by atoms with van der Waals surface area (Å²) in [6.07, 6.45) is 0.566. The highest BCUT2D eigenvalue weighted by atomic mass is 35.5. The minimum atomic E-state index is -0.0328. The van der Waals surface area contributed by atoms with Gasteiger partial charge in [0.1, 0.15) is 11.0 Å². The Bertz CT molecular complexity index is 560. The number of nitrogens with one attached hydrogen (secondary N) is 1. The van der Waals surface area contributed by atoms with Crippen molar-refractivity contribution in [3.8, 4) is 11.4 Å². The zero-order chi connectivity index (χ0) is 15.1. The summed E-state index contributed by atoms with van der Waals surface area (Å²) >= 11 is 6.07. The Morgan fingerprint density at radius 2 is 2.05 bits per heavy atom. The number of hydrogen-bond donors (Lipinski definition) is 2. The summed E-state index contributed by atoms with van der Waals surface area (Å²) in [6.45, 7) is 0.550. The van der Waals surface area contributed by atoms with Crippen LogP contribution in [-0.4, -0.2) is 41.4 Å².